The molecule has 3 aromatic rings. The lowest BCUT2D eigenvalue weighted by atomic mass is 9.84. The monoisotopic (exact) mass is 484 g/mol. The predicted molar refractivity (Wildman–Crippen MR) is 126 cm³/mol. The number of halogens is 2. The molecule has 10 heteroatoms. The Morgan fingerprint density at radius 1 is 1.18 bits per heavy atom. The van der Waals surface area contributed by atoms with Crippen molar-refractivity contribution in [1.82, 2.24) is 9.78 Å². The maximum Gasteiger partial charge on any atom is 0.337 e. The number of H-pyrrole nitrogens is 1. The van der Waals surface area contributed by atoms with Crippen LogP contribution >= 0.6 is 23.2 Å². The maximum atomic E-state index is 13.0. The average molecular weight is 485 g/mol. The molecule has 1 heterocycles. The second-order valence-corrected chi connectivity index (χ2v) is 8.31. The van der Waals surface area contributed by atoms with Crippen molar-refractivity contribution in [3.63, 3.8) is 0 Å². The highest BCUT2D eigenvalue weighted by Gasteiger charge is 2.39. The number of nitrogens with zero attached hydrogens (tertiary/aromatic N) is 3. The molecule has 0 aliphatic heterocycles. The van der Waals surface area contributed by atoms with Gasteiger partial charge < -0.3 is 10.2 Å². The van der Waals surface area contributed by atoms with E-state index in [-0.39, 0.29) is 22.9 Å². The van der Waals surface area contributed by atoms with Crippen LogP contribution in [0.15, 0.2) is 75.7 Å². The van der Waals surface area contributed by atoms with Crippen LogP contribution in [-0.4, -0.2) is 31.5 Å². The Morgan fingerprint density at radius 3 is 2.64 bits per heavy atom. The van der Waals surface area contributed by atoms with Gasteiger partial charge in [-0.3, -0.25) is 9.89 Å². The summed E-state index contributed by atoms with van der Waals surface area (Å²) in [6, 6.07) is 11.3. The van der Waals surface area contributed by atoms with Gasteiger partial charge in [0.2, 0.25) is 5.54 Å². The predicted octanol–water partition coefficient (Wildman–Crippen LogP) is 5.44. The minimum atomic E-state index is -1.74. The summed E-state index contributed by atoms with van der Waals surface area (Å²) in [6.45, 7) is 1.63. The third-order valence-corrected chi connectivity index (χ3v) is 6.02. The second-order valence-electron chi connectivity index (χ2n) is 7.50. The van der Waals surface area contributed by atoms with E-state index in [2.05, 4.69) is 15.3 Å². The molecule has 1 unspecified atom stereocenters. The van der Waals surface area contributed by atoms with Crippen molar-refractivity contribution in [2.24, 2.45) is 10.2 Å². The summed E-state index contributed by atoms with van der Waals surface area (Å²) in [4.78, 5) is 25.2. The number of aliphatic carboxylic acids is 1. The number of hydrogen-bond donors (Lipinski definition) is 3. The standard InChI is InChI=1S/C23H18Cl2N4O4/c1-13-20(21(31)29(27-13)15-8-9-17(24)18(25)11-15)26-28-23(22(32)33)10-4-5-14(12-23)16-6-2-3-7-19(16)30/h2-11,27,30H,12H2,1H3,(H,32,33). The molecule has 168 valence electrons. The summed E-state index contributed by atoms with van der Waals surface area (Å²) >= 11 is 12.0. The molecule has 0 saturated heterocycles. The van der Waals surface area contributed by atoms with E-state index in [1.54, 1.807) is 49.4 Å². The molecule has 0 fully saturated rings. The SMILES string of the molecule is Cc1[nH]n(-c2ccc(Cl)c(Cl)c2)c(=O)c1N=NC1(C(=O)O)C=CC=C(c2ccccc2O)C1. The van der Waals surface area contributed by atoms with Crippen LogP contribution in [0, 0.1) is 6.92 Å². The van der Waals surface area contributed by atoms with Gasteiger partial charge in [-0.1, -0.05) is 53.6 Å². The number of phenolic OH excluding ortho intramolecular Hbond substituents is 1. The first-order chi connectivity index (χ1) is 15.7. The minimum absolute atomic E-state index is 0.0290. The highest BCUT2D eigenvalue weighted by Crippen LogP contribution is 2.37. The van der Waals surface area contributed by atoms with Crippen LogP contribution in [0.4, 0.5) is 5.69 Å². The number of aromatic hydroxyl groups is 1. The first kappa shape index (κ1) is 22.6. The van der Waals surface area contributed by atoms with Crippen LogP contribution in [0.2, 0.25) is 10.0 Å². The van der Waals surface area contributed by atoms with Crippen molar-refractivity contribution < 1.29 is 15.0 Å². The first-order valence-electron chi connectivity index (χ1n) is 9.82. The Bertz CT molecular complexity index is 1400. The van der Waals surface area contributed by atoms with E-state index in [1.165, 1.54) is 22.9 Å². The number of allylic oxidation sites excluding steroid dienone is 2. The van der Waals surface area contributed by atoms with Crippen molar-refractivity contribution in [1.29, 1.82) is 0 Å². The Balaban J connectivity index is 1.71. The molecular formula is C23H18Cl2N4O4. The van der Waals surface area contributed by atoms with Gasteiger partial charge in [0.1, 0.15) is 5.75 Å². The van der Waals surface area contributed by atoms with Crippen molar-refractivity contribution >= 4 is 40.4 Å². The molecule has 1 atom stereocenters. The van der Waals surface area contributed by atoms with Gasteiger partial charge in [-0.15, -0.1) is 5.11 Å². The number of nitrogens with one attached hydrogen (secondary N) is 1. The lowest BCUT2D eigenvalue weighted by Gasteiger charge is -2.24. The molecule has 1 aliphatic carbocycles. The molecule has 4 rings (SSSR count). The number of rotatable bonds is 5. The summed E-state index contributed by atoms with van der Waals surface area (Å²) in [7, 11) is 0. The summed E-state index contributed by atoms with van der Waals surface area (Å²) in [5.74, 6) is -1.21. The van der Waals surface area contributed by atoms with Gasteiger partial charge in [-0.2, -0.15) is 5.11 Å². The van der Waals surface area contributed by atoms with Gasteiger partial charge in [-0.25, -0.2) is 9.48 Å². The van der Waals surface area contributed by atoms with Crippen molar-refractivity contribution in [3.8, 4) is 11.4 Å². The summed E-state index contributed by atoms with van der Waals surface area (Å²) < 4.78 is 1.23. The highest BCUT2D eigenvalue weighted by molar-refractivity contribution is 6.42. The fourth-order valence-corrected chi connectivity index (χ4v) is 3.81. The zero-order valence-electron chi connectivity index (χ0n) is 17.3. The van der Waals surface area contributed by atoms with E-state index in [4.69, 9.17) is 23.2 Å². The molecule has 8 nitrogen and oxygen atoms in total. The number of phenols is 1. The number of aromatic amines is 1. The third-order valence-electron chi connectivity index (χ3n) is 5.28. The van der Waals surface area contributed by atoms with Gasteiger partial charge in [-0.05, 0) is 42.8 Å². The number of aryl methyl sites for hydroxylation is 1. The van der Waals surface area contributed by atoms with Gasteiger partial charge in [0.15, 0.2) is 5.69 Å². The molecular weight excluding hydrogens is 467 g/mol. The van der Waals surface area contributed by atoms with Gasteiger partial charge in [0.25, 0.3) is 5.56 Å². The topological polar surface area (TPSA) is 120 Å². The van der Waals surface area contributed by atoms with E-state index in [9.17, 15) is 19.8 Å². The summed E-state index contributed by atoms with van der Waals surface area (Å²) in [5.41, 5.74) is -0.379. The van der Waals surface area contributed by atoms with E-state index in [1.807, 2.05) is 0 Å². The molecule has 0 amide bonds. The summed E-state index contributed by atoms with van der Waals surface area (Å²) in [6.07, 6.45) is 4.62. The molecule has 0 spiro atoms. The molecule has 1 aliphatic rings. The lowest BCUT2D eigenvalue weighted by Crippen LogP contribution is -2.35. The fraction of sp³-hybridized carbons (Fsp3) is 0.130. The van der Waals surface area contributed by atoms with Crippen molar-refractivity contribution in [3.05, 3.63) is 92.3 Å². The zero-order chi connectivity index (χ0) is 23.8. The Kier molecular flexibility index (Phi) is 5.97. The van der Waals surface area contributed by atoms with Gasteiger partial charge in [0.05, 0.1) is 21.4 Å². The maximum absolute atomic E-state index is 13.0. The molecule has 0 bridgehead atoms. The second kappa shape index (κ2) is 8.73. The van der Waals surface area contributed by atoms with E-state index >= 15 is 0 Å². The van der Waals surface area contributed by atoms with E-state index < -0.39 is 17.1 Å². The zero-order valence-corrected chi connectivity index (χ0v) is 18.8. The third kappa shape index (κ3) is 4.22. The van der Waals surface area contributed by atoms with E-state index in [0.29, 0.717) is 27.5 Å². The first-order valence-corrected chi connectivity index (χ1v) is 10.6. The van der Waals surface area contributed by atoms with Crippen molar-refractivity contribution in [2.75, 3.05) is 0 Å². The van der Waals surface area contributed by atoms with Crippen LogP contribution < -0.4 is 5.56 Å². The number of azo groups is 1. The van der Waals surface area contributed by atoms with E-state index in [0.717, 1.165) is 0 Å². The fourth-order valence-electron chi connectivity index (χ4n) is 3.52. The van der Waals surface area contributed by atoms with Crippen molar-refractivity contribution in [2.45, 2.75) is 18.9 Å². The smallest absolute Gasteiger partial charge is 0.337 e. The van der Waals surface area contributed by atoms with Crippen LogP contribution in [-0.2, 0) is 4.79 Å². The van der Waals surface area contributed by atoms with Crippen LogP contribution in [0.3, 0.4) is 0 Å². The number of hydrogen-bond acceptors (Lipinski definition) is 5. The van der Waals surface area contributed by atoms with Crippen LogP contribution in [0.5, 0.6) is 5.75 Å². The van der Waals surface area contributed by atoms with Gasteiger partial charge >= 0.3 is 5.97 Å². The average Bonchev–Trinajstić information content (AvgIpc) is 3.08. The quantitative estimate of drug-likeness (QED) is 0.417. The summed E-state index contributed by atoms with van der Waals surface area (Å²) in [5, 5.41) is 31.8. The highest BCUT2D eigenvalue weighted by atomic mass is 35.5. The van der Waals surface area contributed by atoms with Crippen LogP contribution in [0.25, 0.3) is 11.3 Å². The molecule has 0 radical (unpaired) electrons. The molecule has 1 aromatic heterocycles. The minimum Gasteiger partial charge on any atom is -0.507 e. The molecule has 0 saturated carbocycles. The largest absolute Gasteiger partial charge is 0.507 e. The number of carboxylic acid groups (broad SMARTS) is 1. The molecule has 3 N–H and O–H groups in total. The van der Waals surface area contributed by atoms with Crippen LogP contribution in [0.1, 0.15) is 17.7 Å². The number of para-hydroxylation sites is 1. The Labute approximate surface area is 198 Å². The molecule has 2 aromatic carbocycles. The Morgan fingerprint density at radius 2 is 1.94 bits per heavy atom. The number of carbonyl (C=O) groups is 1. The van der Waals surface area contributed by atoms with Gasteiger partial charge in [0, 0.05) is 12.0 Å². The lowest BCUT2D eigenvalue weighted by molar-refractivity contribution is -0.141. The molecule has 33 heavy (non-hydrogen) atoms. The number of aromatic nitrogens is 2. The normalized spacial score (nSPS) is 18.0. The number of carboxylic acids is 1. The Hall–Kier alpha value is -3.62. The number of benzene rings is 2.